The van der Waals surface area contributed by atoms with Crippen molar-refractivity contribution in [3.05, 3.63) is 29.8 Å². The zero-order valence-electron chi connectivity index (χ0n) is 9.32. The normalized spacial score (nSPS) is 10.1. The van der Waals surface area contributed by atoms with Crippen LogP contribution >= 0.6 is 0 Å². The largest absolute Gasteiger partial charge is 0.491 e. The van der Waals surface area contributed by atoms with Gasteiger partial charge < -0.3 is 9.47 Å². The molecule has 0 bridgehead atoms. The third kappa shape index (κ3) is 3.62. The molecule has 0 heterocycles. The molecule has 0 saturated heterocycles. The summed E-state index contributed by atoms with van der Waals surface area (Å²) in [5.74, 6) is 0.464. The van der Waals surface area contributed by atoms with Crippen LogP contribution in [-0.4, -0.2) is 18.7 Å². The average molecular weight is 208 g/mol. The number of ether oxygens (including phenoxy) is 2. The molecule has 0 amide bonds. The van der Waals surface area contributed by atoms with Crippen molar-refractivity contribution in [2.45, 2.75) is 26.9 Å². The van der Waals surface area contributed by atoms with Crippen molar-refractivity contribution in [1.82, 2.24) is 0 Å². The monoisotopic (exact) mass is 208 g/mol. The Bertz CT molecular complexity index is 314. The van der Waals surface area contributed by atoms with Gasteiger partial charge >= 0.3 is 5.97 Å². The summed E-state index contributed by atoms with van der Waals surface area (Å²) in [6.07, 6.45) is 0.137. The maximum Gasteiger partial charge on any atom is 0.338 e. The predicted molar refractivity (Wildman–Crippen MR) is 58.2 cm³/mol. The van der Waals surface area contributed by atoms with Crippen molar-refractivity contribution < 1.29 is 14.3 Å². The molecule has 0 aliphatic rings. The Hall–Kier alpha value is -1.51. The highest BCUT2D eigenvalue weighted by Crippen LogP contribution is 2.14. The molecule has 0 spiro atoms. The van der Waals surface area contributed by atoms with E-state index < -0.39 is 0 Å². The van der Waals surface area contributed by atoms with Crippen LogP contribution in [0.15, 0.2) is 24.3 Å². The maximum absolute atomic E-state index is 11.3. The number of benzene rings is 1. The number of carbonyl (C=O) groups excluding carboxylic acids is 1. The van der Waals surface area contributed by atoms with E-state index in [2.05, 4.69) is 0 Å². The smallest absolute Gasteiger partial charge is 0.338 e. The second kappa shape index (κ2) is 5.39. The fourth-order valence-corrected chi connectivity index (χ4v) is 1.16. The van der Waals surface area contributed by atoms with E-state index >= 15 is 0 Å². The Balaban J connectivity index is 2.67. The second-order valence-electron chi connectivity index (χ2n) is 3.41. The molecule has 0 N–H and O–H groups in total. The summed E-state index contributed by atoms with van der Waals surface area (Å²) in [6, 6.07) is 6.95. The van der Waals surface area contributed by atoms with Crippen molar-refractivity contribution in [2.24, 2.45) is 0 Å². The van der Waals surface area contributed by atoms with Gasteiger partial charge in [-0.05, 0) is 45.0 Å². The Morgan fingerprint density at radius 2 is 1.87 bits per heavy atom. The second-order valence-corrected chi connectivity index (χ2v) is 3.41. The molecule has 3 nitrogen and oxygen atoms in total. The molecule has 1 aromatic rings. The van der Waals surface area contributed by atoms with E-state index in [-0.39, 0.29) is 12.1 Å². The van der Waals surface area contributed by atoms with Gasteiger partial charge in [-0.25, -0.2) is 4.79 Å². The Morgan fingerprint density at radius 3 is 2.33 bits per heavy atom. The Labute approximate surface area is 90.0 Å². The van der Waals surface area contributed by atoms with E-state index in [4.69, 9.17) is 9.47 Å². The van der Waals surface area contributed by atoms with Gasteiger partial charge in [-0.1, -0.05) is 0 Å². The van der Waals surface area contributed by atoms with Gasteiger partial charge in [0, 0.05) is 0 Å². The number of rotatable bonds is 4. The average Bonchev–Trinajstić information content (AvgIpc) is 2.18. The summed E-state index contributed by atoms with van der Waals surface area (Å²) in [5.41, 5.74) is 0.549. The van der Waals surface area contributed by atoms with E-state index in [0.29, 0.717) is 12.2 Å². The lowest BCUT2D eigenvalue weighted by Crippen LogP contribution is -2.07. The molecule has 0 atom stereocenters. The number of hydrogen-bond acceptors (Lipinski definition) is 3. The maximum atomic E-state index is 11.3. The van der Waals surface area contributed by atoms with Crippen molar-refractivity contribution in [3.63, 3.8) is 0 Å². The van der Waals surface area contributed by atoms with Gasteiger partial charge in [0.15, 0.2) is 0 Å². The van der Waals surface area contributed by atoms with Crippen molar-refractivity contribution >= 4 is 5.97 Å². The summed E-state index contributed by atoms with van der Waals surface area (Å²) < 4.78 is 10.3. The molecule has 0 radical (unpaired) electrons. The van der Waals surface area contributed by atoms with E-state index in [1.165, 1.54) is 0 Å². The standard InChI is InChI=1S/C12H16O3/c1-4-14-12(13)10-5-7-11(8-6-10)15-9(2)3/h5-9H,4H2,1-3H3. The minimum absolute atomic E-state index is 0.137. The third-order valence-corrected chi connectivity index (χ3v) is 1.74. The van der Waals surface area contributed by atoms with Crippen LogP contribution in [0.4, 0.5) is 0 Å². The van der Waals surface area contributed by atoms with Gasteiger partial charge in [0.2, 0.25) is 0 Å². The predicted octanol–water partition coefficient (Wildman–Crippen LogP) is 2.65. The van der Waals surface area contributed by atoms with Gasteiger partial charge in [-0.15, -0.1) is 0 Å². The molecule has 0 unspecified atom stereocenters. The van der Waals surface area contributed by atoms with Crippen molar-refractivity contribution in [1.29, 1.82) is 0 Å². The molecule has 0 aromatic heterocycles. The highest BCUT2D eigenvalue weighted by atomic mass is 16.5. The van der Waals surface area contributed by atoms with Gasteiger partial charge in [-0.3, -0.25) is 0 Å². The first-order chi connectivity index (χ1) is 7.13. The van der Waals surface area contributed by atoms with Crippen LogP contribution in [0.3, 0.4) is 0 Å². The topological polar surface area (TPSA) is 35.5 Å². The Kier molecular flexibility index (Phi) is 4.16. The van der Waals surface area contributed by atoms with Crippen molar-refractivity contribution in [2.75, 3.05) is 6.61 Å². The minimum atomic E-state index is -0.298. The molecule has 0 aliphatic carbocycles. The van der Waals surface area contributed by atoms with Crippen LogP contribution in [0.25, 0.3) is 0 Å². The summed E-state index contributed by atoms with van der Waals surface area (Å²) in [4.78, 5) is 11.3. The molecule has 1 rings (SSSR count). The van der Waals surface area contributed by atoms with Crippen molar-refractivity contribution in [3.8, 4) is 5.75 Å². The molecule has 3 heteroatoms. The van der Waals surface area contributed by atoms with Crippen LogP contribution in [0.2, 0.25) is 0 Å². The SMILES string of the molecule is CCOC(=O)c1ccc(OC(C)C)cc1. The number of carbonyl (C=O) groups is 1. The molecule has 0 aliphatic heterocycles. The highest BCUT2D eigenvalue weighted by molar-refractivity contribution is 5.89. The fraction of sp³-hybridized carbons (Fsp3) is 0.417. The first-order valence-electron chi connectivity index (χ1n) is 5.07. The highest BCUT2D eigenvalue weighted by Gasteiger charge is 2.06. The summed E-state index contributed by atoms with van der Waals surface area (Å²) in [6.45, 7) is 6.09. The van der Waals surface area contributed by atoms with E-state index in [1.807, 2.05) is 13.8 Å². The third-order valence-electron chi connectivity index (χ3n) is 1.74. The van der Waals surface area contributed by atoms with Crippen LogP contribution in [0, 0.1) is 0 Å². The zero-order valence-corrected chi connectivity index (χ0v) is 9.32. The van der Waals surface area contributed by atoms with Crippen LogP contribution in [-0.2, 0) is 4.74 Å². The lowest BCUT2D eigenvalue weighted by atomic mass is 10.2. The molecule has 0 fully saturated rings. The molecule has 15 heavy (non-hydrogen) atoms. The van der Waals surface area contributed by atoms with Crippen LogP contribution < -0.4 is 4.74 Å². The quantitative estimate of drug-likeness (QED) is 0.713. The van der Waals surface area contributed by atoms with E-state index in [1.54, 1.807) is 31.2 Å². The summed E-state index contributed by atoms with van der Waals surface area (Å²) in [7, 11) is 0. The lowest BCUT2D eigenvalue weighted by Gasteiger charge is -2.09. The molecule has 82 valence electrons. The molecule has 1 aromatic carbocycles. The first kappa shape index (κ1) is 11.6. The number of esters is 1. The lowest BCUT2D eigenvalue weighted by molar-refractivity contribution is 0.0526. The van der Waals surface area contributed by atoms with E-state index in [0.717, 1.165) is 5.75 Å². The fourth-order valence-electron chi connectivity index (χ4n) is 1.16. The van der Waals surface area contributed by atoms with Crippen LogP contribution in [0.1, 0.15) is 31.1 Å². The number of hydrogen-bond donors (Lipinski definition) is 0. The van der Waals surface area contributed by atoms with Gasteiger partial charge in [0.1, 0.15) is 5.75 Å². The van der Waals surface area contributed by atoms with Gasteiger partial charge in [0.25, 0.3) is 0 Å². The molecular formula is C12H16O3. The summed E-state index contributed by atoms with van der Waals surface area (Å²) >= 11 is 0. The first-order valence-corrected chi connectivity index (χ1v) is 5.07. The Morgan fingerprint density at radius 1 is 1.27 bits per heavy atom. The van der Waals surface area contributed by atoms with Crippen LogP contribution in [0.5, 0.6) is 5.75 Å². The van der Waals surface area contributed by atoms with Gasteiger partial charge in [-0.2, -0.15) is 0 Å². The zero-order chi connectivity index (χ0) is 11.3. The van der Waals surface area contributed by atoms with Gasteiger partial charge in [0.05, 0.1) is 18.3 Å². The summed E-state index contributed by atoms with van der Waals surface area (Å²) in [5, 5.41) is 0. The minimum Gasteiger partial charge on any atom is -0.491 e. The molecule has 0 saturated carbocycles. The van der Waals surface area contributed by atoms with E-state index in [9.17, 15) is 4.79 Å². The molecular weight excluding hydrogens is 192 g/mol.